The maximum atomic E-state index is 13.6. The van der Waals surface area contributed by atoms with Crippen LogP contribution in [0.4, 0.5) is 4.39 Å². The Morgan fingerprint density at radius 3 is 2.67 bits per heavy atom. The molecule has 0 amide bonds. The largest absolute Gasteiger partial charge is 0.489 e. The number of nitrogens with two attached hydrogens (primary N) is 1. The molecule has 108 valence electrons. The van der Waals surface area contributed by atoms with E-state index in [1.54, 1.807) is 0 Å². The Balaban J connectivity index is 2.14. The van der Waals surface area contributed by atoms with Gasteiger partial charge in [0.2, 0.25) is 0 Å². The van der Waals surface area contributed by atoms with Crippen molar-refractivity contribution in [1.82, 2.24) is 0 Å². The molecule has 0 heterocycles. The molecule has 2 nitrogen and oxygen atoms in total. The van der Waals surface area contributed by atoms with Gasteiger partial charge in [-0.05, 0) is 49.2 Å². The third-order valence-electron chi connectivity index (χ3n) is 3.02. The van der Waals surface area contributed by atoms with Crippen LogP contribution in [0, 0.1) is 31.5 Å². The smallest absolute Gasteiger partial charge is 0.124 e. The van der Waals surface area contributed by atoms with E-state index in [1.165, 1.54) is 17.7 Å². The predicted octanol–water partition coefficient (Wildman–Crippen LogP) is 3.33. The zero-order valence-corrected chi connectivity index (χ0v) is 12.2. The second kappa shape index (κ2) is 6.92. The van der Waals surface area contributed by atoms with E-state index < -0.39 is 0 Å². The molecule has 0 bridgehead atoms. The molecule has 2 rings (SSSR count). The molecule has 0 fully saturated rings. The molecule has 0 aliphatic rings. The SMILES string of the molecule is Cc1ccc(OCc2cc(F)cc(C#CCN)c2)c(C)c1. The van der Waals surface area contributed by atoms with Gasteiger partial charge in [-0.1, -0.05) is 29.5 Å². The van der Waals surface area contributed by atoms with Crippen molar-refractivity contribution in [3.63, 3.8) is 0 Å². The summed E-state index contributed by atoms with van der Waals surface area (Å²) in [7, 11) is 0. The lowest BCUT2D eigenvalue weighted by molar-refractivity contribution is 0.303. The predicted molar refractivity (Wildman–Crippen MR) is 82.6 cm³/mol. The summed E-state index contributed by atoms with van der Waals surface area (Å²) in [5, 5.41) is 0. The highest BCUT2D eigenvalue weighted by Gasteiger charge is 2.03. The minimum atomic E-state index is -0.321. The summed E-state index contributed by atoms with van der Waals surface area (Å²) in [6.07, 6.45) is 0. The van der Waals surface area contributed by atoms with Gasteiger partial charge < -0.3 is 10.5 Å². The molecule has 2 aromatic rings. The van der Waals surface area contributed by atoms with Gasteiger partial charge in [-0.25, -0.2) is 4.39 Å². The Morgan fingerprint density at radius 2 is 1.95 bits per heavy atom. The fraction of sp³-hybridized carbons (Fsp3) is 0.222. The summed E-state index contributed by atoms with van der Waals surface area (Å²) in [4.78, 5) is 0. The average Bonchev–Trinajstić information content (AvgIpc) is 2.43. The molecule has 3 heteroatoms. The minimum Gasteiger partial charge on any atom is -0.489 e. The van der Waals surface area contributed by atoms with Gasteiger partial charge in [0.1, 0.15) is 18.2 Å². The molecule has 0 aliphatic carbocycles. The molecule has 0 aliphatic heterocycles. The van der Waals surface area contributed by atoms with Crippen molar-refractivity contribution >= 4 is 0 Å². The summed E-state index contributed by atoms with van der Waals surface area (Å²) in [6.45, 7) is 4.59. The van der Waals surface area contributed by atoms with Crippen LogP contribution in [0.15, 0.2) is 36.4 Å². The molecule has 0 spiro atoms. The van der Waals surface area contributed by atoms with E-state index in [4.69, 9.17) is 10.5 Å². The van der Waals surface area contributed by atoms with Crippen LogP contribution in [0.25, 0.3) is 0 Å². The number of benzene rings is 2. The first-order chi connectivity index (χ1) is 10.1. The van der Waals surface area contributed by atoms with E-state index in [0.29, 0.717) is 12.2 Å². The highest BCUT2D eigenvalue weighted by atomic mass is 19.1. The topological polar surface area (TPSA) is 35.2 Å². The lowest BCUT2D eigenvalue weighted by atomic mass is 10.1. The van der Waals surface area contributed by atoms with E-state index in [-0.39, 0.29) is 12.4 Å². The highest BCUT2D eigenvalue weighted by molar-refractivity contribution is 5.39. The Hall–Kier alpha value is -2.31. The first kappa shape index (κ1) is 15.1. The van der Waals surface area contributed by atoms with E-state index in [0.717, 1.165) is 16.9 Å². The first-order valence-electron chi connectivity index (χ1n) is 6.77. The molecule has 0 aromatic heterocycles. The Morgan fingerprint density at radius 1 is 1.14 bits per heavy atom. The summed E-state index contributed by atoms with van der Waals surface area (Å²) in [5.74, 6) is 6.03. The van der Waals surface area contributed by atoms with Gasteiger partial charge in [-0.15, -0.1) is 0 Å². The number of hydrogen-bond acceptors (Lipinski definition) is 2. The number of aryl methyl sites for hydroxylation is 2. The van der Waals surface area contributed by atoms with Crippen LogP contribution in [0.3, 0.4) is 0 Å². The fourth-order valence-corrected chi connectivity index (χ4v) is 2.08. The van der Waals surface area contributed by atoms with E-state index in [9.17, 15) is 4.39 Å². The van der Waals surface area contributed by atoms with Crippen molar-refractivity contribution in [2.75, 3.05) is 6.54 Å². The zero-order valence-electron chi connectivity index (χ0n) is 12.2. The third kappa shape index (κ3) is 4.34. The summed E-state index contributed by atoms with van der Waals surface area (Å²) >= 11 is 0. The average molecular weight is 283 g/mol. The maximum absolute atomic E-state index is 13.6. The summed E-state index contributed by atoms with van der Waals surface area (Å²) in [5.41, 5.74) is 8.93. The number of rotatable bonds is 3. The Kier molecular flexibility index (Phi) is 4.97. The first-order valence-corrected chi connectivity index (χ1v) is 6.77. The van der Waals surface area contributed by atoms with Gasteiger partial charge in [0, 0.05) is 5.56 Å². The highest BCUT2D eigenvalue weighted by Crippen LogP contribution is 2.20. The van der Waals surface area contributed by atoms with Crippen LogP contribution < -0.4 is 10.5 Å². The number of ether oxygens (including phenoxy) is 1. The van der Waals surface area contributed by atoms with E-state index >= 15 is 0 Å². The van der Waals surface area contributed by atoms with Gasteiger partial charge in [-0.3, -0.25) is 0 Å². The molecule has 2 aromatic carbocycles. The minimum absolute atomic E-state index is 0.255. The van der Waals surface area contributed by atoms with Crippen LogP contribution in [0.5, 0.6) is 5.75 Å². The van der Waals surface area contributed by atoms with Crippen LogP contribution in [0.2, 0.25) is 0 Å². The Labute approximate surface area is 124 Å². The standard InChI is InChI=1S/C18H18FNO/c1-13-5-6-18(14(2)8-13)21-12-16-9-15(4-3-7-20)10-17(19)11-16/h5-6,8-11H,7,12,20H2,1-2H3. The fourth-order valence-electron chi connectivity index (χ4n) is 2.08. The maximum Gasteiger partial charge on any atom is 0.124 e. The lowest BCUT2D eigenvalue weighted by Crippen LogP contribution is -1.99. The van der Waals surface area contributed by atoms with Crippen molar-refractivity contribution in [1.29, 1.82) is 0 Å². The van der Waals surface area contributed by atoms with Crippen molar-refractivity contribution in [2.45, 2.75) is 20.5 Å². The molecule has 0 radical (unpaired) electrons. The van der Waals surface area contributed by atoms with Gasteiger partial charge >= 0.3 is 0 Å². The molecule has 0 saturated carbocycles. The van der Waals surface area contributed by atoms with Gasteiger partial charge in [0.05, 0.1) is 6.54 Å². The zero-order chi connectivity index (χ0) is 15.2. The normalized spacial score (nSPS) is 9.90. The molecule has 2 N–H and O–H groups in total. The van der Waals surface area contributed by atoms with Gasteiger partial charge in [0.25, 0.3) is 0 Å². The third-order valence-corrected chi connectivity index (χ3v) is 3.02. The molecule has 0 atom stereocenters. The molecular weight excluding hydrogens is 265 g/mol. The van der Waals surface area contributed by atoms with E-state index in [1.807, 2.05) is 32.0 Å². The lowest BCUT2D eigenvalue weighted by Gasteiger charge is -2.10. The van der Waals surface area contributed by atoms with E-state index in [2.05, 4.69) is 17.9 Å². The van der Waals surface area contributed by atoms with Crippen LogP contribution in [-0.2, 0) is 6.61 Å². The van der Waals surface area contributed by atoms with Crippen molar-refractivity contribution in [2.24, 2.45) is 5.73 Å². The second-order valence-electron chi connectivity index (χ2n) is 4.91. The number of hydrogen-bond donors (Lipinski definition) is 1. The van der Waals surface area contributed by atoms with Crippen molar-refractivity contribution in [3.05, 3.63) is 64.5 Å². The molecule has 0 saturated heterocycles. The van der Waals surface area contributed by atoms with Crippen LogP contribution >= 0.6 is 0 Å². The second-order valence-corrected chi connectivity index (χ2v) is 4.91. The van der Waals surface area contributed by atoms with Gasteiger partial charge in [0.15, 0.2) is 0 Å². The van der Waals surface area contributed by atoms with Crippen LogP contribution in [-0.4, -0.2) is 6.54 Å². The monoisotopic (exact) mass is 283 g/mol. The Bertz CT molecular complexity index is 698. The molecular formula is C18H18FNO. The molecule has 21 heavy (non-hydrogen) atoms. The number of halogens is 1. The van der Waals surface area contributed by atoms with Crippen LogP contribution in [0.1, 0.15) is 22.3 Å². The molecule has 0 unspecified atom stereocenters. The van der Waals surface area contributed by atoms with Crippen molar-refractivity contribution < 1.29 is 9.13 Å². The van der Waals surface area contributed by atoms with Gasteiger partial charge in [-0.2, -0.15) is 0 Å². The van der Waals surface area contributed by atoms with Crippen molar-refractivity contribution in [3.8, 4) is 17.6 Å². The summed E-state index contributed by atoms with van der Waals surface area (Å²) < 4.78 is 19.3. The summed E-state index contributed by atoms with van der Waals surface area (Å²) in [6, 6.07) is 10.6. The quantitative estimate of drug-likeness (QED) is 0.877.